The summed E-state index contributed by atoms with van der Waals surface area (Å²) in [6.45, 7) is 3.55. The summed E-state index contributed by atoms with van der Waals surface area (Å²) in [5, 5.41) is 14.4. The fraction of sp³-hybridized carbons (Fsp3) is 0.250. The van der Waals surface area contributed by atoms with Crippen LogP contribution in [0.4, 0.5) is 5.69 Å². The van der Waals surface area contributed by atoms with Crippen LogP contribution in [0.1, 0.15) is 47.4 Å². The van der Waals surface area contributed by atoms with Crippen molar-refractivity contribution < 1.29 is 19.5 Å². The zero-order valence-corrected chi connectivity index (χ0v) is 14.8. The van der Waals surface area contributed by atoms with Gasteiger partial charge in [0.25, 0.3) is 11.8 Å². The summed E-state index contributed by atoms with van der Waals surface area (Å²) >= 11 is 0. The second-order valence-electron chi connectivity index (χ2n) is 6.63. The fourth-order valence-electron chi connectivity index (χ4n) is 2.36. The highest BCUT2D eigenvalue weighted by Gasteiger charge is 2.22. The summed E-state index contributed by atoms with van der Waals surface area (Å²) in [6.07, 6.45) is 0.303. The number of anilines is 1. The maximum absolute atomic E-state index is 12.3. The van der Waals surface area contributed by atoms with Gasteiger partial charge in [-0.3, -0.25) is 14.4 Å². The Kier molecular flexibility index (Phi) is 6.11. The topological polar surface area (TPSA) is 95.5 Å². The third-order valence-corrected chi connectivity index (χ3v) is 3.86. The minimum atomic E-state index is -0.902. The Hall–Kier alpha value is -3.15. The Morgan fingerprint density at radius 1 is 0.885 bits per heavy atom. The SMILES string of the molecule is CC(C)(CCC(=O)O)NC(=O)c1ccc(C(=O)Nc2ccccc2)cc1. The molecule has 0 heterocycles. The Morgan fingerprint density at radius 3 is 1.96 bits per heavy atom. The molecule has 26 heavy (non-hydrogen) atoms. The summed E-state index contributed by atoms with van der Waals surface area (Å²) in [6, 6.07) is 15.4. The molecular formula is C20H22N2O4. The normalized spacial score (nSPS) is 10.8. The quantitative estimate of drug-likeness (QED) is 0.711. The van der Waals surface area contributed by atoms with Crippen LogP contribution in [0.25, 0.3) is 0 Å². The number of carboxylic acids is 1. The third kappa shape index (κ3) is 5.73. The van der Waals surface area contributed by atoms with Crippen molar-refractivity contribution in [3.63, 3.8) is 0 Å². The van der Waals surface area contributed by atoms with Crippen LogP contribution in [-0.2, 0) is 4.79 Å². The van der Waals surface area contributed by atoms with E-state index in [2.05, 4.69) is 10.6 Å². The zero-order chi connectivity index (χ0) is 19.2. The lowest BCUT2D eigenvalue weighted by atomic mass is 9.97. The molecule has 2 aromatic carbocycles. The lowest BCUT2D eigenvalue weighted by Gasteiger charge is -2.25. The number of amides is 2. The van der Waals surface area contributed by atoms with E-state index in [-0.39, 0.29) is 18.2 Å². The summed E-state index contributed by atoms with van der Waals surface area (Å²) in [5.74, 6) is -1.47. The van der Waals surface area contributed by atoms with Crippen molar-refractivity contribution in [2.75, 3.05) is 5.32 Å². The zero-order valence-electron chi connectivity index (χ0n) is 14.8. The van der Waals surface area contributed by atoms with E-state index < -0.39 is 11.5 Å². The molecule has 6 heteroatoms. The molecule has 136 valence electrons. The standard InChI is InChI=1S/C20H22N2O4/c1-20(2,13-12-17(23)24)22-19(26)15-10-8-14(9-11-15)18(25)21-16-6-4-3-5-7-16/h3-11H,12-13H2,1-2H3,(H,21,25)(H,22,26)(H,23,24). The van der Waals surface area contributed by atoms with Crippen LogP contribution in [-0.4, -0.2) is 28.4 Å². The molecule has 0 bridgehead atoms. The van der Waals surface area contributed by atoms with Crippen LogP contribution in [0.3, 0.4) is 0 Å². The molecule has 2 aromatic rings. The molecule has 0 aliphatic rings. The molecule has 0 saturated carbocycles. The molecular weight excluding hydrogens is 332 g/mol. The van der Waals surface area contributed by atoms with Gasteiger partial charge in [-0.2, -0.15) is 0 Å². The average Bonchev–Trinajstić information content (AvgIpc) is 2.61. The van der Waals surface area contributed by atoms with Gasteiger partial charge in [-0.1, -0.05) is 18.2 Å². The van der Waals surface area contributed by atoms with Gasteiger partial charge in [0.05, 0.1) is 0 Å². The number of aliphatic carboxylic acids is 1. The lowest BCUT2D eigenvalue weighted by Crippen LogP contribution is -2.43. The molecule has 0 unspecified atom stereocenters. The van der Waals surface area contributed by atoms with E-state index >= 15 is 0 Å². The molecule has 0 saturated heterocycles. The van der Waals surface area contributed by atoms with E-state index in [1.165, 1.54) is 0 Å². The van der Waals surface area contributed by atoms with Crippen LogP contribution >= 0.6 is 0 Å². The van der Waals surface area contributed by atoms with Crippen molar-refractivity contribution in [3.05, 3.63) is 65.7 Å². The van der Waals surface area contributed by atoms with Crippen LogP contribution in [0.15, 0.2) is 54.6 Å². The van der Waals surface area contributed by atoms with E-state index in [0.717, 1.165) is 0 Å². The maximum Gasteiger partial charge on any atom is 0.303 e. The molecule has 2 rings (SSSR count). The molecule has 0 atom stereocenters. The van der Waals surface area contributed by atoms with Gasteiger partial charge in [-0.05, 0) is 56.7 Å². The Bertz CT molecular complexity index is 783. The van der Waals surface area contributed by atoms with E-state index in [1.54, 1.807) is 50.2 Å². The van der Waals surface area contributed by atoms with Gasteiger partial charge in [0.2, 0.25) is 0 Å². The van der Waals surface area contributed by atoms with Crippen molar-refractivity contribution >= 4 is 23.5 Å². The second kappa shape index (κ2) is 8.29. The minimum absolute atomic E-state index is 0.0219. The van der Waals surface area contributed by atoms with Gasteiger partial charge in [-0.25, -0.2) is 0 Å². The molecule has 0 fully saturated rings. The van der Waals surface area contributed by atoms with Crippen LogP contribution in [0.5, 0.6) is 0 Å². The third-order valence-electron chi connectivity index (χ3n) is 3.86. The van der Waals surface area contributed by atoms with Crippen molar-refractivity contribution in [1.29, 1.82) is 0 Å². The molecule has 2 amide bonds. The summed E-state index contributed by atoms with van der Waals surface area (Å²) in [7, 11) is 0. The van der Waals surface area contributed by atoms with Crippen molar-refractivity contribution in [2.45, 2.75) is 32.2 Å². The highest BCUT2D eigenvalue weighted by Crippen LogP contribution is 2.14. The van der Waals surface area contributed by atoms with Gasteiger partial charge >= 0.3 is 5.97 Å². The number of nitrogens with one attached hydrogen (secondary N) is 2. The molecule has 0 spiro atoms. The van der Waals surface area contributed by atoms with Gasteiger partial charge < -0.3 is 15.7 Å². The summed E-state index contributed by atoms with van der Waals surface area (Å²) in [5.41, 5.74) is 0.901. The van der Waals surface area contributed by atoms with Crippen LogP contribution in [0.2, 0.25) is 0 Å². The van der Waals surface area contributed by atoms with E-state index in [4.69, 9.17) is 5.11 Å². The molecule has 0 aliphatic heterocycles. The van der Waals surface area contributed by atoms with Crippen molar-refractivity contribution in [1.82, 2.24) is 5.32 Å². The average molecular weight is 354 g/mol. The number of carbonyl (C=O) groups excluding carboxylic acids is 2. The minimum Gasteiger partial charge on any atom is -0.481 e. The first-order chi connectivity index (χ1) is 12.3. The first-order valence-electron chi connectivity index (χ1n) is 8.28. The first kappa shape index (κ1) is 19.2. The largest absolute Gasteiger partial charge is 0.481 e. The van der Waals surface area contributed by atoms with Crippen molar-refractivity contribution in [3.8, 4) is 0 Å². The predicted octanol–water partition coefficient (Wildman–Crippen LogP) is 3.31. The molecule has 0 aliphatic carbocycles. The van der Waals surface area contributed by atoms with Crippen LogP contribution in [0, 0.1) is 0 Å². The van der Waals surface area contributed by atoms with E-state index in [0.29, 0.717) is 23.2 Å². The highest BCUT2D eigenvalue weighted by molar-refractivity contribution is 6.05. The molecule has 3 N–H and O–H groups in total. The monoisotopic (exact) mass is 354 g/mol. The van der Waals surface area contributed by atoms with Crippen LogP contribution < -0.4 is 10.6 Å². The number of carboxylic acid groups (broad SMARTS) is 1. The predicted molar refractivity (Wildman–Crippen MR) is 99.3 cm³/mol. The number of rotatable bonds is 7. The second-order valence-corrected chi connectivity index (χ2v) is 6.63. The van der Waals surface area contributed by atoms with Crippen molar-refractivity contribution in [2.24, 2.45) is 0 Å². The first-order valence-corrected chi connectivity index (χ1v) is 8.28. The molecule has 6 nitrogen and oxygen atoms in total. The lowest BCUT2D eigenvalue weighted by molar-refractivity contribution is -0.137. The van der Waals surface area contributed by atoms with E-state index in [9.17, 15) is 14.4 Å². The van der Waals surface area contributed by atoms with Gasteiger partial charge in [0, 0.05) is 28.8 Å². The van der Waals surface area contributed by atoms with Gasteiger partial charge in [0.1, 0.15) is 0 Å². The summed E-state index contributed by atoms with van der Waals surface area (Å²) in [4.78, 5) is 35.2. The fourth-order valence-corrected chi connectivity index (χ4v) is 2.36. The van der Waals surface area contributed by atoms with E-state index in [1.807, 2.05) is 18.2 Å². The molecule has 0 aromatic heterocycles. The smallest absolute Gasteiger partial charge is 0.303 e. The van der Waals surface area contributed by atoms with Gasteiger partial charge in [0.15, 0.2) is 0 Å². The molecule has 0 radical (unpaired) electrons. The number of benzene rings is 2. The number of carbonyl (C=O) groups is 3. The summed E-state index contributed by atoms with van der Waals surface area (Å²) < 4.78 is 0. The number of hydrogen-bond donors (Lipinski definition) is 3. The number of para-hydroxylation sites is 1. The Balaban J connectivity index is 1.98. The maximum atomic E-state index is 12.3. The Labute approximate surface area is 152 Å². The number of hydrogen-bond acceptors (Lipinski definition) is 3. The van der Waals surface area contributed by atoms with Gasteiger partial charge in [-0.15, -0.1) is 0 Å². The highest BCUT2D eigenvalue weighted by atomic mass is 16.4. The Morgan fingerprint density at radius 2 is 1.42 bits per heavy atom.